The maximum Gasteiger partial charge on any atom is 0.407 e. The van der Waals surface area contributed by atoms with Gasteiger partial charge in [0.1, 0.15) is 17.5 Å². The smallest absolute Gasteiger partial charge is 0.407 e. The Kier molecular flexibility index (Phi) is 6.45. The Balaban J connectivity index is 1.62. The molecule has 0 heterocycles. The highest BCUT2D eigenvalue weighted by Crippen LogP contribution is 2.44. The molecule has 1 aliphatic carbocycles. The maximum absolute atomic E-state index is 12.2. The van der Waals surface area contributed by atoms with Gasteiger partial charge >= 0.3 is 18.0 Å². The Hall–Kier alpha value is -2.87. The van der Waals surface area contributed by atoms with Gasteiger partial charge in [0, 0.05) is 5.92 Å². The standard InChI is InChI=1S/C22H22BrNO6/c1-22(2,23)20(27)29-12-18(19(25)26)24-21(28)30-11-17-15-9-5-3-7-13(15)14-8-4-6-10-16(14)17/h3-10,17-18H,11-12H2,1-2H3,(H,24,28)(H,25,26)/t18-/m0/s1. The molecule has 3 rings (SSSR count). The highest BCUT2D eigenvalue weighted by molar-refractivity contribution is 9.10. The largest absolute Gasteiger partial charge is 0.480 e. The van der Waals surface area contributed by atoms with Crippen molar-refractivity contribution in [2.24, 2.45) is 0 Å². The predicted molar refractivity (Wildman–Crippen MR) is 114 cm³/mol. The molecule has 8 heteroatoms. The number of amides is 1. The SMILES string of the molecule is CC(C)(Br)C(=O)OC[C@H](NC(=O)OCC1c2ccccc2-c2ccccc21)C(=O)O. The summed E-state index contributed by atoms with van der Waals surface area (Å²) in [5.41, 5.74) is 4.29. The van der Waals surface area contributed by atoms with E-state index < -0.39 is 35.0 Å². The van der Waals surface area contributed by atoms with Crippen LogP contribution in [0.2, 0.25) is 0 Å². The van der Waals surface area contributed by atoms with Crippen molar-refractivity contribution in [1.29, 1.82) is 0 Å². The zero-order chi connectivity index (χ0) is 21.9. The van der Waals surface area contributed by atoms with Gasteiger partial charge in [-0.2, -0.15) is 0 Å². The number of hydrogen-bond acceptors (Lipinski definition) is 5. The Bertz CT molecular complexity index is 923. The Morgan fingerprint density at radius 3 is 2.07 bits per heavy atom. The number of carboxylic acids is 1. The van der Waals surface area contributed by atoms with Crippen LogP contribution in [0.1, 0.15) is 30.9 Å². The zero-order valence-electron chi connectivity index (χ0n) is 16.6. The van der Waals surface area contributed by atoms with Crippen molar-refractivity contribution in [1.82, 2.24) is 5.32 Å². The van der Waals surface area contributed by atoms with E-state index in [1.807, 2.05) is 48.5 Å². The number of alkyl carbamates (subject to hydrolysis) is 1. The van der Waals surface area contributed by atoms with Crippen LogP contribution in [0.3, 0.4) is 0 Å². The van der Waals surface area contributed by atoms with E-state index in [-0.39, 0.29) is 12.5 Å². The van der Waals surface area contributed by atoms with Crippen LogP contribution < -0.4 is 5.32 Å². The molecule has 0 aromatic heterocycles. The van der Waals surface area contributed by atoms with Crippen LogP contribution in [0.5, 0.6) is 0 Å². The predicted octanol–water partition coefficient (Wildman–Crippen LogP) is 3.70. The van der Waals surface area contributed by atoms with Crippen molar-refractivity contribution in [3.8, 4) is 11.1 Å². The number of benzene rings is 2. The summed E-state index contributed by atoms with van der Waals surface area (Å²) >= 11 is 3.14. The number of aliphatic carboxylic acids is 1. The average Bonchev–Trinajstić information content (AvgIpc) is 3.02. The van der Waals surface area contributed by atoms with Gasteiger partial charge < -0.3 is 19.9 Å². The van der Waals surface area contributed by atoms with Crippen LogP contribution in [-0.2, 0) is 19.1 Å². The van der Waals surface area contributed by atoms with Crippen LogP contribution in [-0.4, -0.2) is 46.7 Å². The molecule has 0 radical (unpaired) electrons. The van der Waals surface area contributed by atoms with Gasteiger partial charge in [0.2, 0.25) is 0 Å². The third-order valence-electron chi connectivity index (χ3n) is 4.80. The number of ether oxygens (including phenoxy) is 2. The van der Waals surface area contributed by atoms with Crippen molar-refractivity contribution in [3.63, 3.8) is 0 Å². The summed E-state index contributed by atoms with van der Waals surface area (Å²) in [5.74, 6) is -2.11. The average molecular weight is 476 g/mol. The fraction of sp³-hybridized carbons (Fsp3) is 0.318. The normalized spacial score (nSPS) is 13.7. The minimum Gasteiger partial charge on any atom is -0.480 e. The highest BCUT2D eigenvalue weighted by Gasteiger charge is 2.31. The molecular formula is C22H22BrNO6. The maximum atomic E-state index is 12.2. The lowest BCUT2D eigenvalue weighted by atomic mass is 9.98. The molecule has 158 valence electrons. The van der Waals surface area contributed by atoms with E-state index in [1.54, 1.807) is 13.8 Å². The number of carbonyl (C=O) groups excluding carboxylic acids is 2. The van der Waals surface area contributed by atoms with E-state index >= 15 is 0 Å². The molecule has 0 spiro atoms. The molecule has 30 heavy (non-hydrogen) atoms. The molecule has 0 unspecified atom stereocenters. The summed E-state index contributed by atoms with van der Waals surface area (Å²) in [7, 11) is 0. The molecule has 2 aromatic carbocycles. The molecule has 1 atom stereocenters. The summed E-state index contributed by atoms with van der Waals surface area (Å²) in [6, 6.07) is 14.4. The van der Waals surface area contributed by atoms with E-state index in [2.05, 4.69) is 21.2 Å². The van der Waals surface area contributed by atoms with E-state index in [1.165, 1.54) is 0 Å². The van der Waals surface area contributed by atoms with Gasteiger partial charge in [0.05, 0.1) is 0 Å². The number of halogens is 1. The van der Waals surface area contributed by atoms with Gasteiger partial charge in [-0.05, 0) is 36.1 Å². The lowest BCUT2D eigenvalue weighted by Crippen LogP contribution is -2.45. The number of nitrogens with one attached hydrogen (secondary N) is 1. The van der Waals surface area contributed by atoms with Gasteiger partial charge in [-0.3, -0.25) is 4.79 Å². The minimum absolute atomic E-state index is 0.0560. The van der Waals surface area contributed by atoms with Gasteiger partial charge in [0.25, 0.3) is 0 Å². The summed E-state index contributed by atoms with van der Waals surface area (Å²) in [6.07, 6.45) is -0.890. The second kappa shape index (κ2) is 8.87. The van der Waals surface area contributed by atoms with Crippen LogP contribution in [0, 0.1) is 0 Å². The minimum atomic E-state index is -1.42. The highest BCUT2D eigenvalue weighted by atomic mass is 79.9. The van der Waals surface area contributed by atoms with Gasteiger partial charge in [-0.25, -0.2) is 9.59 Å². The summed E-state index contributed by atoms with van der Waals surface area (Å²) in [6.45, 7) is 2.70. The number of rotatable bonds is 7. The number of carboxylic acid groups (broad SMARTS) is 1. The first-order valence-electron chi connectivity index (χ1n) is 9.39. The molecule has 0 saturated carbocycles. The van der Waals surface area contributed by atoms with Gasteiger partial charge in [0.15, 0.2) is 6.04 Å². The third kappa shape index (κ3) is 4.81. The fourth-order valence-corrected chi connectivity index (χ4v) is 3.40. The molecule has 0 saturated heterocycles. The first-order chi connectivity index (χ1) is 14.2. The second-order valence-corrected chi connectivity index (χ2v) is 9.41. The molecule has 0 aliphatic heterocycles. The Morgan fingerprint density at radius 1 is 1.03 bits per heavy atom. The zero-order valence-corrected chi connectivity index (χ0v) is 18.1. The van der Waals surface area contributed by atoms with E-state index in [0.717, 1.165) is 22.3 Å². The molecular weight excluding hydrogens is 454 g/mol. The molecule has 0 bridgehead atoms. The van der Waals surface area contributed by atoms with E-state index in [9.17, 15) is 19.5 Å². The summed E-state index contributed by atoms with van der Waals surface area (Å²) < 4.78 is 9.34. The van der Waals surface area contributed by atoms with Crippen molar-refractivity contribution in [2.45, 2.75) is 30.1 Å². The molecule has 2 N–H and O–H groups in total. The van der Waals surface area contributed by atoms with Crippen LogP contribution in [0.25, 0.3) is 11.1 Å². The van der Waals surface area contributed by atoms with Crippen LogP contribution in [0.15, 0.2) is 48.5 Å². The van der Waals surface area contributed by atoms with Crippen molar-refractivity contribution < 1.29 is 29.0 Å². The van der Waals surface area contributed by atoms with E-state index in [4.69, 9.17) is 9.47 Å². The van der Waals surface area contributed by atoms with Crippen LogP contribution in [0.4, 0.5) is 4.79 Å². The second-order valence-electron chi connectivity index (χ2n) is 7.43. The summed E-state index contributed by atoms with van der Waals surface area (Å²) in [5, 5.41) is 11.5. The Labute approximate surface area is 182 Å². The quantitative estimate of drug-likeness (QED) is 0.467. The number of fused-ring (bicyclic) bond motifs is 3. The number of carbonyl (C=O) groups is 3. The Morgan fingerprint density at radius 2 is 1.57 bits per heavy atom. The summed E-state index contributed by atoms with van der Waals surface area (Å²) in [4.78, 5) is 35.5. The fourth-order valence-electron chi connectivity index (χ4n) is 3.29. The molecule has 0 fully saturated rings. The van der Waals surface area contributed by atoms with Gasteiger partial charge in [-0.1, -0.05) is 64.5 Å². The lowest BCUT2D eigenvalue weighted by Gasteiger charge is -2.19. The molecule has 1 aliphatic rings. The molecule has 7 nitrogen and oxygen atoms in total. The van der Waals surface area contributed by atoms with Crippen molar-refractivity contribution >= 4 is 34.0 Å². The monoisotopic (exact) mass is 475 g/mol. The van der Waals surface area contributed by atoms with Crippen LogP contribution >= 0.6 is 15.9 Å². The van der Waals surface area contributed by atoms with Crippen molar-refractivity contribution in [2.75, 3.05) is 13.2 Å². The number of alkyl halides is 1. The van der Waals surface area contributed by atoms with Crippen molar-refractivity contribution in [3.05, 3.63) is 59.7 Å². The first-order valence-corrected chi connectivity index (χ1v) is 10.2. The van der Waals surface area contributed by atoms with E-state index in [0.29, 0.717) is 0 Å². The first kappa shape index (κ1) is 21.8. The number of esters is 1. The third-order valence-corrected chi connectivity index (χ3v) is 5.12. The van der Waals surface area contributed by atoms with Gasteiger partial charge in [-0.15, -0.1) is 0 Å². The topological polar surface area (TPSA) is 102 Å². The molecule has 1 amide bonds. The number of hydrogen-bond donors (Lipinski definition) is 2. The lowest BCUT2D eigenvalue weighted by molar-refractivity contribution is -0.149. The molecule has 2 aromatic rings.